The fourth-order valence-corrected chi connectivity index (χ4v) is 2.21. The second-order valence-corrected chi connectivity index (χ2v) is 4.82. The number of aliphatic hydroxyl groups is 1. The maximum absolute atomic E-state index is 13.3. The third-order valence-electron chi connectivity index (χ3n) is 3.66. The summed E-state index contributed by atoms with van der Waals surface area (Å²) < 4.78 is 13.3. The van der Waals surface area contributed by atoms with Crippen molar-refractivity contribution in [3.8, 4) is 0 Å². The van der Waals surface area contributed by atoms with Crippen molar-refractivity contribution in [1.29, 1.82) is 0 Å². The highest BCUT2D eigenvalue weighted by atomic mass is 19.1. The molecule has 0 spiro atoms. The van der Waals surface area contributed by atoms with Gasteiger partial charge in [-0.1, -0.05) is 6.07 Å². The van der Waals surface area contributed by atoms with Crippen LogP contribution in [0.3, 0.4) is 0 Å². The highest BCUT2D eigenvalue weighted by Gasteiger charge is 2.19. The zero-order chi connectivity index (χ0) is 13.4. The lowest BCUT2D eigenvalue weighted by molar-refractivity contribution is 0.214. The fourth-order valence-electron chi connectivity index (χ4n) is 2.21. The monoisotopic (exact) mass is 247 g/mol. The molecule has 0 saturated heterocycles. The first kappa shape index (κ1) is 12.8. The van der Waals surface area contributed by atoms with E-state index in [1.807, 2.05) is 27.7 Å². The molecule has 0 amide bonds. The van der Waals surface area contributed by atoms with Crippen molar-refractivity contribution < 1.29 is 9.50 Å². The topological polar surface area (TPSA) is 36.0 Å². The second kappa shape index (κ2) is 4.58. The molecule has 96 valence electrons. The zero-order valence-corrected chi connectivity index (χ0v) is 11.1. The van der Waals surface area contributed by atoms with Gasteiger partial charge < -0.3 is 10.1 Å². The van der Waals surface area contributed by atoms with Crippen LogP contribution in [0.15, 0.2) is 18.2 Å². The largest absolute Gasteiger partial charge is 0.382 e. The van der Waals surface area contributed by atoms with Crippen LogP contribution in [0.25, 0.3) is 0 Å². The second-order valence-electron chi connectivity index (χ2n) is 4.82. The Morgan fingerprint density at radius 3 is 2.33 bits per heavy atom. The number of hydrogen-bond acceptors (Lipinski definition) is 1. The third-order valence-corrected chi connectivity index (χ3v) is 3.66. The Bertz CT molecular complexity index is 586. The average molecular weight is 247 g/mol. The van der Waals surface area contributed by atoms with E-state index < -0.39 is 6.10 Å². The summed E-state index contributed by atoms with van der Waals surface area (Å²) in [6.07, 6.45) is -0.812. The van der Waals surface area contributed by atoms with Crippen molar-refractivity contribution >= 4 is 0 Å². The standard InChI is InChI=1S/C15H18FNO/c1-8-5-6-12(16)7-13(8)15(18)14-10(3)9(2)11(4)17-14/h5-7,15,17-18H,1-4H3. The molecule has 18 heavy (non-hydrogen) atoms. The van der Waals surface area contributed by atoms with Gasteiger partial charge in [-0.15, -0.1) is 0 Å². The van der Waals surface area contributed by atoms with Crippen LogP contribution >= 0.6 is 0 Å². The lowest BCUT2D eigenvalue weighted by Gasteiger charge is -2.14. The quantitative estimate of drug-likeness (QED) is 0.837. The lowest BCUT2D eigenvalue weighted by Crippen LogP contribution is -2.04. The SMILES string of the molecule is Cc1ccc(F)cc1C(O)c1[nH]c(C)c(C)c1C. The van der Waals surface area contributed by atoms with Crippen molar-refractivity contribution in [1.82, 2.24) is 4.98 Å². The van der Waals surface area contributed by atoms with Gasteiger partial charge in [-0.3, -0.25) is 0 Å². The Kier molecular flexibility index (Phi) is 3.26. The first-order valence-corrected chi connectivity index (χ1v) is 6.01. The minimum atomic E-state index is -0.812. The molecular formula is C15H18FNO. The van der Waals surface area contributed by atoms with Crippen molar-refractivity contribution in [2.75, 3.05) is 0 Å². The number of aliphatic hydroxyl groups excluding tert-OH is 1. The van der Waals surface area contributed by atoms with Crippen LogP contribution < -0.4 is 0 Å². The van der Waals surface area contributed by atoms with Crippen LogP contribution in [0.1, 0.15) is 39.7 Å². The van der Waals surface area contributed by atoms with Crippen LogP contribution in [0.5, 0.6) is 0 Å². The van der Waals surface area contributed by atoms with Crippen molar-refractivity contribution in [2.24, 2.45) is 0 Å². The van der Waals surface area contributed by atoms with Crippen molar-refractivity contribution in [3.63, 3.8) is 0 Å². The van der Waals surface area contributed by atoms with Gasteiger partial charge in [-0.2, -0.15) is 0 Å². The Balaban J connectivity index is 2.50. The molecular weight excluding hydrogens is 229 g/mol. The van der Waals surface area contributed by atoms with E-state index in [0.29, 0.717) is 5.56 Å². The predicted octanol–water partition coefficient (Wildman–Crippen LogP) is 3.47. The van der Waals surface area contributed by atoms with Crippen molar-refractivity contribution in [2.45, 2.75) is 33.8 Å². The number of halogens is 1. The Hall–Kier alpha value is -1.61. The normalized spacial score (nSPS) is 12.8. The van der Waals surface area contributed by atoms with Gasteiger partial charge >= 0.3 is 0 Å². The van der Waals surface area contributed by atoms with Gasteiger partial charge in [0.1, 0.15) is 11.9 Å². The van der Waals surface area contributed by atoms with Gasteiger partial charge in [-0.05, 0) is 62.1 Å². The zero-order valence-electron chi connectivity index (χ0n) is 11.1. The number of benzene rings is 1. The number of aromatic nitrogens is 1. The van der Waals surface area contributed by atoms with Crippen LogP contribution in [0.2, 0.25) is 0 Å². The first-order chi connectivity index (χ1) is 8.41. The molecule has 2 aromatic rings. The van der Waals surface area contributed by atoms with E-state index >= 15 is 0 Å². The van der Waals surface area contributed by atoms with E-state index in [1.165, 1.54) is 12.1 Å². The molecule has 0 aliphatic carbocycles. The van der Waals surface area contributed by atoms with E-state index in [-0.39, 0.29) is 5.82 Å². The van der Waals surface area contributed by atoms with Crippen molar-refractivity contribution in [3.05, 3.63) is 57.7 Å². The average Bonchev–Trinajstić information content (AvgIpc) is 2.59. The minimum absolute atomic E-state index is 0.327. The summed E-state index contributed by atoms with van der Waals surface area (Å²) in [5.41, 5.74) is 5.45. The van der Waals surface area contributed by atoms with E-state index in [0.717, 1.165) is 28.1 Å². The van der Waals surface area contributed by atoms with Crippen LogP contribution in [-0.2, 0) is 0 Å². The number of nitrogens with one attached hydrogen (secondary N) is 1. The van der Waals surface area contributed by atoms with Gasteiger partial charge in [-0.25, -0.2) is 4.39 Å². The lowest BCUT2D eigenvalue weighted by atomic mass is 9.98. The molecule has 0 fully saturated rings. The van der Waals surface area contributed by atoms with Gasteiger partial charge in [0.2, 0.25) is 0 Å². The molecule has 1 unspecified atom stereocenters. The molecule has 2 rings (SSSR count). The Morgan fingerprint density at radius 2 is 1.78 bits per heavy atom. The third kappa shape index (κ3) is 2.06. The highest BCUT2D eigenvalue weighted by Crippen LogP contribution is 2.29. The molecule has 0 aliphatic rings. The predicted molar refractivity (Wildman–Crippen MR) is 70.2 cm³/mol. The number of H-pyrrole nitrogens is 1. The van der Waals surface area contributed by atoms with Gasteiger partial charge in [0.15, 0.2) is 0 Å². The maximum Gasteiger partial charge on any atom is 0.123 e. The Morgan fingerprint density at radius 1 is 1.11 bits per heavy atom. The Labute approximate surface area is 106 Å². The molecule has 2 N–H and O–H groups in total. The minimum Gasteiger partial charge on any atom is -0.382 e. The molecule has 0 saturated carbocycles. The summed E-state index contributed by atoms with van der Waals surface area (Å²) >= 11 is 0. The van der Waals surface area contributed by atoms with Crippen LogP contribution in [0.4, 0.5) is 4.39 Å². The number of aromatic amines is 1. The van der Waals surface area contributed by atoms with Crippen LogP contribution in [0, 0.1) is 33.5 Å². The summed E-state index contributed by atoms with van der Waals surface area (Å²) in [4.78, 5) is 3.19. The molecule has 0 bridgehead atoms. The number of aryl methyl sites for hydroxylation is 2. The van der Waals surface area contributed by atoms with E-state index in [2.05, 4.69) is 4.98 Å². The summed E-state index contributed by atoms with van der Waals surface area (Å²) in [6.45, 7) is 7.81. The smallest absolute Gasteiger partial charge is 0.123 e. The fraction of sp³-hybridized carbons (Fsp3) is 0.333. The molecule has 3 heteroatoms. The molecule has 0 aliphatic heterocycles. The van der Waals surface area contributed by atoms with E-state index in [9.17, 15) is 9.50 Å². The maximum atomic E-state index is 13.3. The van der Waals surface area contributed by atoms with Gasteiger partial charge in [0.25, 0.3) is 0 Å². The summed E-state index contributed by atoms with van der Waals surface area (Å²) in [5.74, 6) is -0.327. The van der Waals surface area contributed by atoms with E-state index in [1.54, 1.807) is 6.07 Å². The summed E-state index contributed by atoms with van der Waals surface area (Å²) in [5, 5.41) is 10.4. The molecule has 2 nitrogen and oxygen atoms in total. The highest BCUT2D eigenvalue weighted by molar-refractivity contribution is 5.41. The number of rotatable bonds is 2. The van der Waals surface area contributed by atoms with Gasteiger partial charge in [0, 0.05) is 5.69 Å². The summed E-state index contributed by atoms with van der Waals surface area (Å²) in [6, 6.07) is 4.49. The number of hydrogen-bond donors (Lipinski definition) is 2. The molecule has 1 aromatic carbocycles. The molecule has 1 aromatic heterocycles. The molecule has 1 atom stereocenters. The van der Waals surface area contributed by atoms with Gasteiger partial charge in [0.05, 0.1) is 5.69 Å². The summed E-state index contributed by atoms with van der Waals surface area (Å²) in [7, 11) is 0. The first-order valence-electron chi connectivity index (χ1n) is 6.01. The molecule has 1 heterocycles. The molecule has 0 radical (unpaired) electrons. The van der Waals surface area contributed by atoms with E-state index in [4.69, 9.17) is 0 Å². The van der Waals surface area contributed by atoms with Crippen LogP contribution in [-0.4, -0.2) is 10.1 Å².